The van der Waals surface area contributed by atoms with Crippen molar-refractivity contribution < 1.29 is 90.8 Å². The zero-order valence-electron chi connectivity index (χ0n) is 68.8. The number of nitriles is 2. The Kier molecular flexibility index (Phi) is 42.0. The van der Waals surface area contributed by atoms with Crippen molar-refractivity contribution in [2.75, 3.05) is 150 Å². The maximum Gasteiger partial charge on any atom is 0.410 e. The van der Waals surface area contributed by atoms with Crippen LogP contribution in [0.2, 0.25) is 5.02 Å². The smallest absolute Gasteiger partial charge is 0.410 e. The van der Waals surface area contributed by atoms with Crippen molar-refractivity contribution in [3.8, 4) is 12.1 Å². The van der Waals surface area contributed by atoms with Crippen molar-refractivity contribution in [2.45, 2.75) is 149 Å². The number of carboxylic acid groups (broad SMARTS) is 1. The number of pyridine rings is 4. The fourth-order valence-corrected chi connectivity index (χ4v) is 12.8. The first-order chi connectivity index (χ1) is 56.6. The second kappa shape index (κ2) is 50.7. The fraction of sp³-hybridized carbons (Fsp3) is 0.531. The van der Waals surface area contributed by atoms with E-state index in [1.54, 1.807) is 59.8 Å². The molecule has 0 bridgehead atoms. The summed E-state index contributed by atoms with van der Waals surface area (Å²) in [5, 5.41) is 41.3. The van der Waals surface area contributed by atoms with Gasteiger partial charge in [-0.1, -0.05) is 19.0 Å². The standard InChI is InChI=1S/C21H30N4O5.C19H23N5O4.C16H22N4O3.C11H11ClN2O3.C10H20N2O2.C3H3NO2.CH4.ClH/c1-21(2,3)30-20(27)25-9-5-6-14(13-25)24-17-15-7-8-22-18(15)23-12-16(17)19(26)29-11-10-28-4;1-27-9-10-28-19(26)15-11-22-18-14(5-7-21-18)17(15)23-13-3-2-8-24(12-13)16(25)4-6-20;1-22-7-8-23-16(21)13-10-19-15-12(4-6-18-15)14(13)20-11-3-2-5-17-9-11;1-16-4-5-17-11(15)8-6-14-10-7(9(8)12)2-3-13-10;1-10(2,3)14-9(13)12-6-4-5-8(11)7-12;4-2-1-3(5)6;;/h7-8,12,14H,5-6,9-11,13H2,1-4H3,(H2,22,23,24);5,7,11,13H,2-4,8-10,12H2,1H3,(H2,21,22,23);4,6,10-11,17H,2-3,5,7-9H2,1H3,(H2,18,19,20);2-3,6H,4-5H2,1H3,(H,13,14);8H,4-7,11H2,1-3H3;1H2,(H,5,6);1H4;1H/t14-;13-;11-;;8-;;;/m111.1.../s1. The summed E-state index contributed by atoms with van der Waals surface area (Å²) in [6.45, 7) is 18.8. The number of fused-ring (bicyclic) bond motifs is 4. The van der Waals surface area contributed by atoms with Crippen LogP contribution >= 0.6 is 24.0 Å². The van der Waals surface area contributed by atoms with Gasteiger partial charge in [0, 0.05) is 170 Å². The molecule has 37 nitrogen and oxygen atoms in total. The highest BCUT2D eigenvalue weighted by molar-refractivity contribution is 6.38. The van der Waals surface area contributed by atoms with Crippen LogP contribution in [-0.4, -0.2) is 277 Å². The van der Waals surface area contributed by atoms with Crippen LogP contribution in [0, 0.1) is 22.7 Å². The number of ether oxygens (including phenoxy) is 10. The third-order valence-corrected chi connectivity index (χ3v) is 18.4. The van der Waals surface area contributed by atoms with Crippen molar-refractivity contribution in [1.82, 2.24) is 59.9 Å². The number of halogens is 2. The Morgan fingerprint density at radius 3 is 1.20 bits per heavy atom. The van der Waals surface area contributed by atoms with Crippen molar-refractivity contribution >= 4 is 133 Å². The number of amides is 3. The number of methoxy groups -OCH3 is 4. The zero-order valence-corrected chi connectivity index (χ0v) is 70.4. The molecule has 11 N–H and O–H groups in total. The normalized spacial score (nSPS) is 16.2. The molecular formula is C81H114Cl2N18O19. The van der Waals surface area contributed by atoms with Gasteiger partial charge < -0.3 is 114 Å². The van der Waals surface area contributed by atoms with Crippen LogP contribution in [-0.2, 0) is 57.0 Å². The molecule has 0 aromatic carbocycles. The van der Waals surface area contributed by atoms with E-state index in [9.17, 15) is 38.4 Å². The number of carbonyl (C=O) groups is 8. The van der Waals surface area contributed by atoms with Crippen LogP contribution in [0.3, 0.4) is 0 Å². The molecule has 0 unspecified atom stereocenters. The Hall–Kier alpha value is -11.2. The first-order valence-electron chi connectivity index (χ1n) is 38.7. The van der Waals surface area contributed by atoms with E-state index in [4.69, 9.17) is 80.3 Å². The largest absolute Gasteiger partial charge is 0.480 e. The molecule has 0 aliphatic carbocycles. The topological polar surface area (TPSA) is 495 Å². The van der Waals surface area contributed by atoms with Crippen LogP contribution in [0.1, 0.15) is 155 Å². The molecule has 12 rings (SSSR count). The van der Waals surface area contributed by atoms with Crippen LogP contribution in [0.5, 0.6) is 0 Å². The number of carbonyl (C=O) groups excluding carboxylic acids is 7. The number of esters is 4. The number of nitrogens with two attached hydrogens (primary N) is 1. The van der Waals surface area contributed by atoms with E-state index in [-0.39, 0.29) is 106 Å². The molecule has 120 heavy (non-hydrogen) atoms. The molecule has 656 valence electrons. The summed E-state index contributed by atoms with van der Waals surface area (Å²) in [6, 6.07) is 11.1. The van der Waals surface area contributed by atoms with Crippen LogP contribution in [0.4, 0.5) is 26.7 Å². The average molecular weight is 1710 g/mol. The van der Waals surface area contributed by atoms with Crippen molar-refractivity contribution in [2.24, 2.45) is 5.73 Å². The predicted molar refractivity (Wildman–Crippen MR) is 452 cm³/mol. The molecule has 4 saturated heterocycles. The van der Waals surface area contributed by atoms with Crippen molar-refractivity contribution in [3.05, 3.63) is 101 Å². The summed E-state index contributed by atoms with van der Waals surface area (Å²) in [7, 11) is 6.20. The molecule has 12 heterocycles. The number of hydrogen-bond acceptors (Lipinski definition) is 29. The minimum atomic E-state index is -1.07. The molecule has 0 radical (unpaired) electrons. The third-order valence-electron chi connectivity index (χ3n) is 18.0. The molecular weight excluding hydrogens is 1600 g/mol. The number of likely N-dealkylation sites (tertiary alicyclic amines) is 3. The van der Waals surface area contributed by atoms with Gasteiger partial charge in [0.1, 0.15) is 89.8 Å². The summed E-state index contributed by atoms with van der Waals surface area (Å²) in [5.41, 5.74) is 11.0. The van der Waals surface area contributed by atoms with Gasteiger partial charge in [0.2, 0.25) is 5.91 Å². The molecule has 8 aromatic rings. The van der Waals surface area contributed by atoms with E-state index in [1.807, 2.05) is 72.0 Å². The lowest BCUT2D eigenvalue weighted by molar-refractivity contribution is -0.136. The number of rotatable bonds is 24. The Morgan fingerprint density at radius 1 is 0.500 bits per heavy atom. The van der Waals surface area contributed by atoms with E-state index in [1.165, 1.54) is 38.9 Å². The molecule has 4 atom stereocenters. The molecule has 4 aliphatic heterocycles. The SMILES string of the molecule is C.CC(C)(C)OC(=O)N1CCC[C@@H](N)C1.COCCOC(=O)c1cnc2[nH]ccc2c1Cl.COCCOC(=O)c1cnc2[nH]ccc2c1N[C@@H]1CCCN(C(=O)CC#N)C1.COCCOC(=O)c1cnc2[nH]ccc2c1N[C@@H]1CCCN(C(=O)OC(C)(C)C)C1.COCCOC(=O)c1cnc2[nH]ccc2c1N[C@@H]1CCCNC1.Cl.N#CCC(=O)O. The summed E-state index contributed by atoms with van der Waals surface area (Å²) < 4.78 is 51.1. The van der Waals surface area contributed by atoms with Crippen molar-refractivity contribution in [3.63, 3.8) is 0 Å². The van der Waals surface area contributed by atoms with E-state index in [0.29, 0.717) is 115 Å². The molecule has 4 aliphatic rings. The number of aromatic nitrogens is 8. The van der Waals surface area contributed by atoms with Crippen molar-refractivity contribution in [1.29, 1.82) is 10.5 Å². The zero-order chi connectivity index (χ0) is 85.7. The quantitative estimate of drug-likeness (QED) is 0.0153. The lowest BCUT2D eigenvalue weighted by atomic mass is 10.0. The van der Waals surface area contributed by atoms with Crippen LogP contribution in [0.25, 0.3) is 44.1 Å². The number of piperidine rings is 4. The van der Waals surface area contributed by atoms with E-state index in [2.05, 4.69) is 61.1 Å². The van der Waals surface area contributed by atoms with Gasteiger partial charge in [-0.15, -0.1) is 12.4 Å². The number of nitrogens with zero attached hydrogens (tertiary/aromatic N) is 9. The minimum absolute atomic E-state index is 0. The summed E-state index contributed by atoms with van der Waals surface area (Å²) in [5.74, 6) is -3.08. The van der Waals surface area contributed by atoms with Gasteiger partial charge in [0.05, 0.1) is 66.2 Å². The monoisotopic (exact) mass is 1710 g/mol. The predicted octanol–water partition coefficient (Wildman–Crippen LogP) is 10.8. The second-order valence-corrected chi connectivity index (χ2v) is 29.8. The maximum absolute atomic E-state index is 12.6. The molecule has 39 heteroatoms. The average Bonchev–Trinajstić information content (AvgIpc) is 1.59. The van der Waals surface area contributed by atoms with Crippen LogP contribution < -0.4 is 27.0 Å². The number of H-pyrrole nitrogens is 4. The van der Waals surface area contributed by atoms with E-state index >= 15 is 0 Å². The van der Waals surface area contributed by atoms with E-state index < -0.39 is 41.5 Å². The molecule has 8 aromatic heterocycles. The lowest BCUT2D eigenvalue weighted by Crippen LogP contribution is -2.47. The summed E-state index contributed by atoms with van der Waals surface area (Å²) in [6.07, 6.45) is 19.5. The molecule has 0 spiro atoms. The number of nitrogens with one attached hydrogen (secondary N) is 8. The first-order valence-corrected chi connectivity index (χ1v) is 39.1. The highest BCUT2D eigenvalue weighted by Crippen LogP contribution is 2.33. The van der Waals surface area contributed by atoms with Gasteiger partial charge in [-0.2, -0.15) is 10.5 Å². The second-order valence-electron chi connectivity index (χ2n) is 29.4. The Morgan fingerprint density at radius 2 is 0.842 bits per heavy atom. The number of hydrogen-bond donors (Lipinski definition) is 10. The number of aliphatic carboxylic acids is 1. The van der Waals surface area contributed by atoms with Crippen LogP contribution in [0.15, 0.2) is 73.8 Å². The molecule has 4 fully saturated rings. The Bertz CT molecular complexity index is 4680. The van der Waals surface area contributed by atoms with E-state index in [0.717, 1.165) is 98.5 Å². The fourth-order valence-electron chi connectivity index (χ4n) is 12.5. The Balaban J connectivity index is 0.000000267. The van der Waals surface area contributed by atoms with Gasteiger partial charge in [0.25, 0.3) is 0 Å². The van der Waals surface area contributed by atoms with Gasteiger partial charge in [-0.25, -0.2) is 48.7 Å². The number of anilines is 3. The minimum Gasteiger partial charge on any atom is -0.480 e. The van der Waals surface area contributed by atoms with Gasteiger partial charge >= 0.3 is 42.0 Å². The van der Waals surface area contributed by atoms with Gasteiger partial charge in [-0.3, -0.25) is 9.59 Å². The number of carboxylic acids is 1. The lowest BCUT2D eigenvalue weighted by Gasteiger charge is -2.35. The summed E-state index contributed by atoms with van der Waals surface area (Å²) >= 11 is 6.10. The molecule has 3 amide bonds. The third kappa shape index (κ3) is 31.5. The highest BCUT2D eigenvalue weighted by Gasteiger charge is 2.32. The highest BCUT2D eigenvalue weighted by atomic mass is 35.5. The summed E-state index contributed by atoms with van der Waals surface area (Å²) in [4.78, 5) is 129. The Labute approximate surface area is 708 Å². The maximum atomic E-state index is 12.6. The molecule has 0 saturated carbocycles. The van der Waals surface area contributed by atoms with Gasteiger partial charge in [0.15, 0.2) is 0 Å². The number of aromatic amines is 4. The van der Waals surface area contributed by atoms with Gasteiger partial charge in [-0.05, 0) is 124 Å². The first kappa shape index (κ1) is 99.4.